The Morgan fingerprint density at radius 3 is 2.58 bits per heavy atom. The summed E-state index contributed by atoms with van der Waals surface area (Å²) in [6.45, 7) is 5.00. The van der Waals surface area contributed by atoms with Crippen LogP contribution in [0.15, 0.2) is 18.2 Å². The highest BCUT2D eigenvalue weighted by Gasteiger charge is 2.23. The van der Waals surface area contributed by atoms with Crippen LogP contribution < -0.4 is 0 Å². The molecule has 106 valence electrons. The lowest BCUT2D eigenvalue weighted by molar-refractivity contribution is 0.0675. The fourth-order valence-electron chi connectivity index (χ4n) is 2.12. The largest absolute Gasteiger partial charge is 0.507 e. The van der Waals surface area contributed by atoms with E-state index in [1.54, 1.807) is 4.90 Å². The van der Waals surface area contributed by atoms with E-state index < -0.39 is 5.82 Å². The maximum Gasteiger partial charge on any atom is 0.257 e. The van der Waals surface area contributed by atoms with E-state index in [0.717, 1.165) is 12.1 Å². The molecule has 0 heterocycles. The van der Waals surface area contributed by atoms with Crippen molar-refractivity contribution in [2.45, 2.75) is 19.9 Å². The minimum absolute atomic E-state index is 0.00690. The molecule has 1 N–H and O–H groups in total. The fraction of sp³-hybridized carbons (Fsp3) is 0.500. The molecule has 1 amide bonds. The molecule has 1 unspecified atom stereocenters. The van der Waals surface area contributed by atoms with Crippen LogP contribution in [-0.4, -0.2) is 54.0 Å². The van der Waals surface area contributed by atoms with Crippen LogP contribution in [0.4, 0.5) is 4.39 Å². The number of halogens is 1. The molecule has 4 nitrogen and oxygen atoms in total. The summed E-state index contributed by atoms with van der Waals surface area (Å²) in [5.74, 6) is -1.08. The van der Waals surface area contributed by atoms with E-state index in [0.29, 0.717) is 13.1 Å². The third-order valence-corrected chi connectivity index (χ3v) is 2.95. The second kappa shape index (κ2) is 6.52. The van der Waals surface area contributed by atoms with Gasteiger partial charge in [0.1, 0.15) is 11.6 Å². The van der Waals surface area contributed by atoms with Crippen molar-refractivity contribution >= 4 is 5.91 Å². The van der Waals surface area contributed by atoms with E-state index in [-0.39, 0.29) is 23.3 Å². The van der Waals surface area contributed by atoms with Gasteiger partial charge >= 0.3 is 0 Å². The molecule has 1 rings (SSSR count). The van der Waals surface area contributed by atoms with Crippen LogP contribution in [0, 0.1) is 5.82 Å². The Bertz CT molecular complexity index is 449. The molecule has 0 aliphatic carbocycles. The van der Waals surface area contributed by atoms with E-state index in [9.17, 15) is 14.3 Å². The molecule has 0 spiro atoms. The number of carbonyl (C=O) groups is 1. The van der Waals surface area contributed by atoms with Gasteiger partial charge < -0.3 is 14.9 Å². The van der Waals surface area contributed by atoms with Crippen molar-refractivity contribution < 1.29 is 14.3 Å². The highest BCUT2D eigenvalue weighted by molar-refractivity contribution is 5.97. The van der Waals surface area contributed by atoms with Crippen LogP contribution in [0.2, 0.25) is 0 Å². The van der Waals surface area contributed by atoms with E-state index in [1.165, 1.54) is 6.07 Å². The van der Waals surface area contributed by atoms with Crippen LogP contribution in [0.5, 0.6) is 5.75 Å². The summed E-state index contributed by atoms with van der Waals surface area (Å²) in [6.07, 6.45) is 0. The quantitative estimate of drug-likeness (QED) is 0.887. The van der Waals surface area contributed by atoms with Crippen LogP contribution in [-0.2, 0) is 0 Å². The summed E-state index contributed by atoms with van der Waals surface area (Å²) < 4.78 is 13.2. The lowest BCUT2D eigenvalue weighted by Crippen LogP contribution is -2.43. The minimum Gasteiger partial charge on any atom is -0.507 e. The number of rotatable bonds is 5. The molecule has 0 saturated heterocycles. The zero-order valence-corrected chi connectivity index (χ0v) is 11.9. The number of hydrogen-bond acceptors (Lipinski definition) is 3. The highest BCUT2D eigenvalue weighted by Crippen LogP contribution is 2.20. The minimum atomic E-state index is -0.530. The van der Waals surface area contributed by atoms with Gasteiger partial charge in [-0.3, -0.25) is 4.79 Å². The molecule has 19 heavy (non-hydrogen) atoms. The molecule has 0 aromatic heterocycles. The standard InChI is InChI=1S/C14H21FN2O2/c1-5-17(10(2)9-16(3)4)14(19)12-8-11(15)6-7-13(12)18/h6-8,10,18H,5,9H2,1-4H3. The number of phenols is 1. The monoisotopic (exact) mass is 268 g/mol. The summed E-state index contributed by atoms with van der Waals surface area (Å²) in [5.41, 5.74) is 0.00690. The highest BCUT2D eigenvalue weighted by atomic mass is 19.1. The van der Waals surface area contributed by atoms with Gasteiger partial charge in [0.25, 0.3) is 5.91 Å². The number of hydrogen-bond donors (Lipinski definition) is 1. The zero-order chi connectivity index (χ0) is 14.6. The maximum absolute atomic E-state index is 13.2. The molecule has 1 aromatic carbocycles. The third kappa shape index (κ3) is 3.92. The number of amides is 1. The molecule has 0 bridgehead atoms. The van der Waals surface area contributed by atoms with Crippen molar-refractivity contribution in [3.05, 3.63) is 29.6 Å². The second-order valence-corrected chi connectivity index (χ2v) is 4.86. The number of aromatic hydroxyl groups is 1. The van der Waals surface area contributed by atoms with Gasteiger partial charge in [-0.1, -0.05) is 0 Å². The van der Waals surface area contributed by atoms with Gasteiger partial charge in [0, 0.05) is 19.1 Å². The van der Waals surface area contributed by atoms with Crippen molar-refractivity contribution in [3.63, 3.8) is 0 Å². The Balaban J connectivity index is 2.98. The lowest BCUT2D eigenvalue weighted by Gasteiger charge is -2.30. The van der Waals surface area contributed by atoms with Crippen LogP contribution in [0.3, 0.4) is 0 Å². The van der Waals surface area contributed by atoms with E-state index >= 15 is 0 Å². The van der Waals surface area contributed by atoms with E-state index in [1.807, 2.05) is 32.8 Å². The molecule has 1 aromatic rings. The molecule has 0 saturated carbocycles. The van der Waals surface area contributed by atoms with E-state index in [4.69, 9.17) is 0 Å². The van der Waals surface area contributed by atoms with Crippen molar-refractivity contribution in [1.82, 2.24) is 9.80 Å². The van der Waals surface area contributed by atoms with E-state index in [2.05, 4.69) is 0 Å². The van der Waals surface area contributed by atoms with Crippen molar-refractivity contribution in [3.8, 4) is 5.75 Å². The molecule has 0 fully saturated rings. The molecular formula is C14H21FN2O2. The van der Waals surface area contributed by atoms with Gasteiger partial charge in [-0.15, -0.1) is 0 Å². The number of carbonyl (C=O) groups excluding carboxylic acids is 1. The topological polar surface area (TPSA) is 43.8 Å². The van der Waals surface area contributed by atoms with Crippen LogP contribution in [0.1, 0.15) is 24.2 Å². The Morgan fingerprint density at radius 1 is 1.42 bits per heavy atom. The fourth-order valence-corrected chi connectivity index (χ4v) is 2.12. The molecule has 1 atom stereocenters. The van der Waals surface area contributed by atoms with Gasteiger partial charge in [0.15, 0.2) is 0 Å². The maximum atomic E-state index is 13.2. The average Bonchev–Trinajstić information content (AvgIpc) is 2.32. The smallest absolute Gasteiger partial charge is 0.257 e. The van der Waals surface area contributed by atoms with Gasteiger partial charge in [-0.05, 0) is 46.1 Å². The van der Waals surface area contributed by atoms with Crippen molar-refractivity contribution in [2.75, 3.05) is 27.2 Å². The molecule has 0 aliphatic heterocycles. The summed E-state index contributed by atoms with van der Waals surface area (Å²) in [6, 6.07) is 3.39. The second-order valence-electron chi connectivity index (χ2n) is 4.86. The summed E-state index contributed by atoms with van der Waals surface area (Å²) in [7, 11) is 3.85. The summed E-state index contributed by atoms with van der Waals surface area (Å²) >= 11 is 0. The summed E-state index contributed by atoms with van der Waals surface area (Å²) in [5, 5.41) is 9.69. The van der Waals surface area contributed by atoms with Crippen molar-refractivity contribution in [2.24, 2.45) is 0 Å². The number of likely N-dealkylation sites (N-methyl/N-ethyl adjacent to an activating group) is 2. The first-order valence-corrected chi connectivity index (χ1v) is 6.31. The third-order valence-electron chi connectivity index (χ3n) is 2.95. The Hall–Kier alpha value is -1.62. The predicted octanol–water partition coefficient (Wildman–Crippen LogP) is 1.94. The Labute approximate surface area is 113 Å². The molecule has 0 aliphatic rings. The van der Waals surface area contributed by atoms with Crippen LogP contribution in [0.25, 0.3) is 0 Å². The number of phenolic OH excluding ortho intramolecular Hbond substituents is 1. The molecule has 5 heteroatoms. The van der Waals surface area contributed by atoms with Gasteiger partial charge in [-0.2, -0.15) is 0 Å². The van der Waals surface area contributed by atoms with Gasteiger partial charge in [0.2, 0.25) is 0 Å². The first-order valence-electron chi connectivity index (χ1n) is 6.31. The van der Waals surface area contributed by atoms with Crippen LogP contribution >= 0.6 is 0 Å². The first-order chi connectivity index (χ1) is 8.86. The first kappa shape index (κ1) is 15.4. The van der Waals surface area contributed by atoms with Gasteiger partial charge in [-0.25, -0.2) is 4.39 Å². The molecule has 0 radical (unpaired) electrons. The van der Waals surface area contributed by atoms with Crippen molar-refractivity contribution in [1.29, 1.82) is 0 Å². The normalized spacial score (nSPS) is 12.5. The van der Waals surface area contributed by atoms with Gasteiger partial charge in [0.05, 0.1) is 5.56 Å². The zero-order valence-electron chi connectivity index (χ0n) is 11.9. The summed E-state index contributed by atoms with van der Waals surface area (Å²) in [4.78, 5) is 16.0. The Kier molecular flexibility index (Phi) is 5.30. The number of nitrogens with zero attached hydrogens (tertiary/aromatic N) is 2. The predicted molar refractivity (Wildman–Crippen MR) is 72.8 cm³/mol. The average molecular weight is 268 g/mol. The number of benzene rings is 1. The Morgan fingerprint density at radius 2 is 2.05 bits per heavy atom. The lowest BCUT2D eigenvalue weighted by atomic mass is 10.1. The SMILES string of the molecule is CCN(C(=O)c1cc(F)ccc1O)C(C)CN(C)C. The molecular weight excluding hydrogens is 247 g/mol.